The Kier molecular flexibility index (Phi) is 4.36. The molecule has 0 aromatic carbocycles. The number of hydrogen-bond acceptors (Lipinski definition) is 5. The molecule has 0 bridgehead atoms. The number of halogens is 2. The molecule has 6 nitrogen and oxygen atoms in total. The van der Waals surface area contributed by atoms with Gasteiger partial charge in [-0.1, -0.05) is 0 Å². The molecule has 0 aliphatic carbocycles. The Bertz CT molecular complexity index is 617. The highest BCUT2D eigenvalue weighted by Gasteiger charge is 2.27. The van der Waals surface area contributed by atoms with E-state index >= 15 is 0 Å². The summed E-state index contributed by atoms with van der Waals surface area (Å²) in [5.41, 5.74) is 0.282. The first-order valence-corrected chi connectivity index (χ1v) is 6.78. The van der Waals surface area contributed by atoms with Gasteiger partial charge < -0.3 is 10.2 Å². The maximum absolute atomic E-state index is 13.4. The second-order valence-electron chi connectivity index (χ2n) is 5.40. The molecule has 0 amide bonds. The second kappa shape index (κ2) is 5.88. The third kappa shape index (κ3) is 3.84. The van der Waals surface area contributed by atoms with E-state index in [-0.39, 0.29) is 11.5 Å². The van der Waals surface area contributed by atoms with Crippen LogP contribution in [0, 0.1) is 6.92 Å². The van der Waals surface area contributed by atoms with Gasteiger partial charge in [0.25, 0.3) is 11.7 Å². The predicted octanol–water partition coefficient (Wildman–Crippen LogP) is 1.91. The van der Waals surface area contributed by atoms with E-state index in [1.54, 1.807) is 6.92 Å². The normalized spacial score (nSPS) is 12.3. The lowest BCUT2D eigenvalue weighted by Gasteiger charge is -2.09. The summed E-state index contributed by atoms with van der Waals surface area (Å²) in [5.74, 6) is -2.40. The average Bonchev–Trinajstić information content (AvgIpc) is 2.77. The van der Waals surface area contributed by atoms with E-state index in [4.69, 9.17) is 0 Å². The molecule has 0 saturated heterocycles. The fourth-order valence-corrected chi connectivity index (χ4v) is 1.91. The number of nitrogens with one attached hydrogen (secondary N) is 1. The van der Waals surface area contributed by atoms with E-state index in [9.17, 15) is 8.78 Å². The summed E-state index contributed by atoms with van der Waals surface area (Å²) in [6, 6.07) is 1.33. The van der Waals surface area contributed by atoms with Gasteiger partial charge in [0.05, 0.1) is 0 Å². The van der Waals surface area contributed by atoms with E-state index in [2.05, 4.69) is 25.3 Å². The third-order valence-corrected chi connectivity index (χ3v) is 3.01. The molecule has 116 valence electrons. The minimum atomic E-state index is -2.99. The molecule has 2 aromatic heterocycles. The highest BCUT2D eigenvalue weighted by molar-refractivity contribution is 5.39. The van der Waals surface area contributed by atoms with Crippen LogP contribution in [0.25, 0.3) is 5.78 Å². The Labute approximate surface area is 122 Å². The van der Waals surface area contributed by atoms with Gasteiger partial charge in [-0.05, 0) is 40.1 Å². The lowest BCUT2D eigenvalue weighted by atomic mass is 10.2. The smallest absolute Gasteiger partial charge is 0.287 e. The van der Waals surface area contributed by atoms with Crippen LogP contribution in [0.1, 0.15) is 24.7 Å². The molecule has 0 spiro atoms. The summed E-state index contributed by atoms with van der Waals surface area (Å²) < 4.78 is 28.2. The summed E-state index contributed by atoms with van der Waals surface area (Å²) in [6.45, 7) is 4.19. The first-order valence-electron chi connectivity index (χ1n) is 6.78. The zero-order valence-corrected chi connectivity index (χ0v) is 12.7. The minimum absolute atomic E-state index is 0.182. The molecule has 2 aromatic rings. The van der Waals surface area contributed by atoms with Crippen molar-refractivity contribution in [3.05, 3.63) is 17.5 Å². The van der Waals surface area contributed by atoms with Crippen molar-refractivity contribution in [3.63, 3.8) is 0 Å². The van der Waals surface area contributed by atoms with Crippen LogP contribution in [0.2, 0.25) is 0 Å². The number of aromatic nitrogens is 4. The van der Waals surface area contributed by atoms with Gasteiger partial charge in [0.2, 0.25) is 5.95 Å². The van der Waals surface area contributed by atoms with Crippen LogP contribution in [-0.2, 0) is 5.92 Å². The molecule has 8 heteroatoms. The minimum Gasteiger partial charge on any atom is -0.353 e. The Morgan fingerprint density at radius 3 is 2.67 bits per heavy atom. The Hall–Kier alpha value is -1.83. The van der Waals surface area contributed by atoms with Crippen molar-refractivity contribution in [3.8, 4) is 0 Å². The van der Waals surface area contributed by atoms with E-state index < -0.39 is 5.92 Å². The average molecular weight is 298 g/mol. The van der Waals surface area contributed by atoms with Crippen LogP contribution in [0.3, 0.4) is 0 Å². The van der Waals surface area contributed by atoms with Crippen LogP contribution in [0.4, 0.5) is 14.7 Å². The SMILES string of the molecule is Cc1cc(C(C)(F)F)nc2nc(NCCCN(C)C)nn12. The molecule has 2 rings (SSSR count). The highest BCUT2D eigenvalue weighted by atomic mass is 19.3. The van der Waals surface area contributed by atoms with Crippen molar-refractivity contribution in [2.24, 2.45) is 0 Å². The van der Waals surface area contributed by atoms with Gasteiger partial charge >= 0.3 is 0 Å². The van der Waals surface area contributed by atoms with Gasteiger partial charge in [-0.25, -0.2) is 4.98 Å². The van der Waals surface area contributed by atoms with Crippen LogP contribution in [0.15, 0.2) is 6.07 Å². The van der Waals surface area contributed by atoms with Crippen molar-refractivity contribution < 1.29 is 8.78 Å². The number of alkyl halides is 2. The van der Waals surface area contributed by atoms with E-state index in [0.717, 1.165) is 19.9 Å². The standard InChI is InChI=1S/C13H20F2N6/c1-9-8-10(13(2,14)15)17-12-18-11(19-21(9)12)16-6-5-7-20(3)4/h8H,5-7H2,1-4H3,(H,16,19). The van der Waals surface area contributed by atoms with Gasteiger partial charge in [-0.3, -0.25) is 0 Å². The van der Waals surface area contributed by atoms with Gasteiger partial charge in [0.15, 0.2) is 0 Å². The Morgan fingerprint density at radius 2 is 2.05 bits per heavy atom. The van der Waals surface area contributed by atoms with E-state index in [1.165, 1.54) is 10.6 Å². The molecule has 2 heterocycles. The molecule has 0 aliphatic heterocycles. The molecule has 0 fully saturated rings. The van der Waals surface area contributed by atoms with E-state index in [0.29, 0.717) is 18.2 Å². The predicted molar refractivity (Wildman–Crippen MR) is 76.7 cm³/mol. The summed E-state index contributed by atoms with van der Waals surface area (Å²) in [4.78, 5) is 10.1. The lowest BCUT2D eigenvalue weighted by Crippen LogP contribution is -2.16. The monoisotopic (exact) mass is 298 g/mol. The fraction of sp³-hybridized carbons (Fsp3) is 0.615. The third-order valence-electron chi connectivity index (χ3n) is 3.01. The van der Waals surface area contributed by atoms with Gasteiger partial charge in [-0.2, -0.15) is 18.3 Å². The first kappa shape index (κ1) is 15.6. The van der Waals surface area contributed by atoms with Gasteiger partial charge in [0.1, 0.15) is 5.69 Å². The summed E-state index contributed by atoms with van der Waals surface area (Å²) in [7, 11) is 4.01. The van der Waals surface area contributed by atoms with Crippen molar-refractivity contribution in [2.75, 3.05) is 32.5 Å². The summed E-state index contributed by atoms with van der Waals surface area (Å²) >= 11 is 0. The molecule has 21 heavy (non-hydrogen) atoms. The number of aryl methyl sites for hydroxylation is 1. The van der Waals surface area contributed by atoms with Crippen molar-refractivity contribution in [2.45, 2.75) is 26.2 Å². The van der Waals surface area contributed by atoms with Crippen LogP contribution < -0.4 is 5.32 Å². The number of fused-ring (bicyclic) bond motifs is 1. The van der Waals surface area contributed by atoms with Gasteiger partial charge in [0, 0.05) is 19.2 Å². The summed E-state index contributed by atoms with van der Waals surface area (Å²) in [5, 5.41) is 7.30. The molecule has 0 radical (unpaired) electrons. The lowest BCUT2D eigenvalue weighted by molar-refractivity contribution is 0.0127. The van der Waals surface area contributed by atoms with Crippen LogP contribution in [-0.4, -0.2) is 51.7 Å². The second-order valence-corrected chi connectivity index (χ2v) is 5.40. The Balaban J connectivity index is 2.16. The van der Waals surface area contributed by atoms with Crippen molar-refractivity contribution >= 4 is 11.7 Å². The number of hydrogen-bond donors (Lipinski definition) is 1. The number of nitrogens with zero attached hydrogens (tertiary/aromatic N) is 5. The molecule has 1 N–H and O–H groups in total. The fourth-order valence-electron chi connectivity index (χ4n) is 1.91. The molecular formula is C13H20F2N6. The molecular weight excluding hydrogens is 278 g/mol. The zero-order chi connectivity index (χ0) is 15.6. The van der Waals surface area contributed by atoms with Crippen LogP contribution >= 0.6 is 0 Å². The van der Waals surface area contributed by atoms with E-state index in [1.807, 2.05) is 14.1 Å². The first-order chi connectivity index (χ1) is 9.77. The topological polar surface area (TPSA) is 58.4 Å². The molecule has 0 aliphatic rings. The van der Waals surface area contributed by atoms with Crippen molar-refractivity contribution in [1.82, 2.24) is 24.5 Å². The quantitative estimate of drug-likeness (QED) is 0.826. The maximum Gasteiger partial charge on any atom is 0.287 e. The van der Waals surface area contributed by atoms with Crippen LogP contribution in [0.5, 0.6) is 0 Å². The highest BCUT2D eigenvalue weighted by Crippen LogP contribution is 2.26. The molecule has 0 saturated carbocycles. The summed E-state index contributed by atoms with van der Waals surface area (Å²) in [6.07, 6.45) is 0.938. The number of anilines is 1. The molecule has 0 unspecified atom stereocenters. The van der Waals surface area contributed by atoms with Crippen molar-refractivity contribution in [1.29, 1.82) is 0 Å². The Morgan fingerprint density at radius 1 is 1.33 bits per heavy atom. The number of rotatable bonds is 6. The zero-order valence-electron chi connectivity index (χ0n) is 12.7. The van der Waals surface area contributed by atoms with Gasteiger partial charge in [-0.15, -0.1) is 5.10 Å². The molecule has 0 atom stereocenters. The maximum atomic E-state index is 13.4. The largest absolute Gasteiger partial charge is 0.353 e.